The topological polar surface area (TPSA) is 85.1 Å². The van der Waals surface area contributed by atoms with Gasteiger partial charge in [0.25, 0.3) is 11.6 Å². The fourth-order valence-electron chi connectivity index (χ4n) is 2.82. The summed E-state index contributed by atoms with van der Waals surface area (Å²) in [6.45, 7) is 4.08. The van der Waals surface area contributed by atoms with Gasteiger partial charge >= 0.3 is 0 Å². The van der Waals surface area contributed by atoms with Gasteiger partial charge in [-0.2, -0.15) is 0 Å². The van der Waals surface area contributed by atoms with Crippen LogP contribution in [0.4, 0.5) is 10.8 Å². The maximum absolute atomic E-state index is 12.5. The lowest BCUT2D eigenvalue weighted by atomic mass is 10.1. The van der Waals surface area contributed by atoms with Crippen LogP contribution in [-0.2, 0) is 6.42 Å². The molecule has 0 aliphatic carbocycles. The standard InChI is InChI=1S/C20H19N3O3S/c1-3-6-14-9-11-15(12-10-14)18-13(2)27-20(21-18)22-19(24)16-7-4-5-8-17(16)23(25)26/h4-5,7-12H,3,6H2,1-2H3,(H,21,22,24). The van der Waals surface area contributed by atoms with Gasteiger partial charge in [-0.1, -0.05) is 49.7 Å². The number of hydrogen-bond donors (Lipinski definition) is 1. The number of nitro benzene ring substituents is 1. The molecule has 0 atom stereocenters. The number of aryl methyl sites for hydroxylation is 2. The number of aromatic nitrogens is 1. The molecular formula is C20H19N3O3S. The van der Waals surface area contributed by atoms with E-state index in [1.165, 1.54) is 35.1 Å². The van der Waals surface area contributed by atoms with Crippen LogP contribution in [0.15, 0.2) is 48.5 Å². The van der Waals surface area contributed by atoms with Crippen LogP contribution in [-0.4, -0.2) is 15.8 Å². The highest BCUT2D eigenvalue weighted by Gasteiger charge is 2.20. The van der Waals surface area contributed by atoms with Gasteiger partial charge in [0.1, 0.15) is 5.56 Å². The van der Waals surface area contributed by atoms with Crippen molar-refractivity contribution >= 4 is 28.1 Å². The first-order chi connectivity index (χ1) is 13.0. The molecule has 6 nitrogen and oxygen atoms in total. The van der Waals surface area contributed by atoms with Gasteiger partial charge in [0.2, 0.25) is 0 Å². The number of amides is 1. The largest absolute Gasteiger partial charge is 0.298 e. The Bertz CT molecular complexity index is 980. The summed E-state index contributed by atoms with van der Waals surface area (Å²) in [6.07, 6.45) is 2.13. The minimum Gasteiger partial charge on any atom is -0.298 e. The highest BCUT2D eigenvalue weighted by molar-refractivity contribution is 7.16. The molecule has 1 aromatic heterocycles. The molecule has 1 heterocycles. The van der Waals surface area contributed by atoms with E-state index in [1.807, 2.05) is 19.1 Å². The van der Waals surface area contributed by atoms with Gasteiger partial charge in [-0.05, 0) is 25.0 Å². The Morgan fingerprint density at radius 3 is 2.56 bits per heavy atom. The molecule has 3 aromatic rings. The number of benzene rings is 2. The van der Waals surface area contributed by atoms with Gasteiger partial charge < -0.3 is 0 Å². The first-order valence-electron chi connectivity index (χ1n) is 8.61. The van der Waals surface area contributed by atoms with Crippen molar-refractivity contribution in [2.75, 3.05) is 5.32 Å². The van der Waals surface area contributed by atoms with E-state index in [2.05, 4.69) is 29.4 Å². The van der Waals surface area contributed by atoms with Crippen LogP contribution in [0.25, 0.3) is 11.3 Å². The van der Waals surface area contributed by atoms with Crippen LogP contribution >= 0.6 is 11.3 Å². The van der Waals surface area contributed by atoms with Crippen molar-refractivity contribution in [2.45, 2.75) is 26.7 Å². The Balaban J connectivity index is 1.83. The number of anilines is 1. The third kappa shape index (κ3) is 4.20. The predicted octanol–water partition coefficient (Wildman–Crippen LogP) is 5.23. The molecule has 0 aliphatic heterocycles. The van der Waals surface area contributed by atoms with Crippen LogP contribution < -0.4 is 5.32 Å². The van der Waals surface area contributed by atoms with Gasteiger partial charge in [0, 0.05) is 16.5 Å². The number of carbonyl (C=O) groups excluding carboxylic acids is 1. The average molecular weight is 381 g/mol. The molecule has 27 heavy (non-hydrogen) atoms. The summed E-state index contributed by atoms with van der Waals surface area (Å²) in [5, 5.41) is 14.2. The Morgan fingerprint density at radius 2 is 1.89 bits per heavy atom. The second-order valence-corrected chi connectivity index (χ2v) is 7.30. The zero-order chi connectivity index (χ0) is 19.4. The lowest BCUT2D eigenvalue weighted by Crippen LogP contribution is -2.13. The van der Waals surface area contributed by atoms with Crippen LogP contribution in [0, 0.1) is 17.0 Å². The smallest absolute Gasteiger partial charge is 0.282 e. The van der Waals surface area contributed by atoms with E-state index in [1.54, 1.807) is 6.07 Å². The third-order valence-corrected chi connectivity index (χ3v) is 5.01. The number of para-hydroxylation sites is 1. The lowest BCUT2D eigenvalue weighted by Gasteiger charge is -2.03. The van der Waals surface area contributed by atoms with E-state index >= 15 is 0 Å². The molecule has 0 fully saturated rings. The maximum atomic E-state index is 12.5. The number of rotatable bonds is 6. The van der Waals surface area contributed by atoms with Crippen molar-refractivity contribution < 1.29 is 9.72 Å². The Morgan fingerprint density at radius 1 is 1.19 bits per heavy atom. The summed E-state index contributed by atoms with van der Waals surface area (Å²) in [5.74, 6) is -0.541. The van der Waals surface area contributed by atoms with E-state index in [0.29, 0.717) is 5.13 Å². The number of nitrogens with one attached hydrogen (secondary N) is 1. The number of hydrogen-bond acceptors (Lipinski definition) is 5. The molecule has 0 saturated heterocycles. The highest BCUT2D eigenvalue weighted by atomic mass is 32.1. The zero-order valence-corrected chi connectivity index (χ0v) is 15.9. The molecule has 2 aromatic carbocycles. The normalized spacial score (nSPS) is 10.6. The molecule has 7 heteroatoms. The highest BCUT2D eigenvalue weighted by Crippen LogP contribution is 2.31. The quantitative estimate of drug-likeness (QED) is 0.468. The predicted molar refractivity (Wildman–Crippen MR) is 107 cm³/mol. The molecule has 3 rings (SSSR count). The van der Waals surface area contributed by atoms with Gasteiger partial charge in [0.15, 0.2) is 5.13 Å². The Kier molecular flexibility index (Phi) is 5.61. The van der Waals surface area contributed by atoms with Crippen molar-refractivity contribution in [1.29, 1.82) is 0 Å². The molecule has 0 unspecified atom stereocenters. The summed E-state index contributed by atoms with van der Waals surface area (Å²) in [4.78, 5) is 28.5. The van der Waals surface area contributed by atoms with Crippen molar-refractivity contribution in [3.05, 3.63) is 74.6 Å². The number of nitro groups is 1. The van der Waals surface area contributed by atoms with Crippen LogP contribution in [0.1, 0.15) is 34.1 Å². The fourth-order valence-corrected chi connectivity index (χ4v) is 3.66. The molecule has 0 spiro atoms. The number of carbonyl (C=O) groups is 1. The van der Waals surface area contributed by atoms with E-state index in [0.717, 1.165) is 29.0 Å². The van der Waals surface area contributed by atoms with Crippen LogP contribution in [0.5, 0.6) is 0 Å². The van der Waals surface area contributed by atoms with Crippen molar-refractivity contribution in [1.82, 2.24) is 4.98 Å². The minimum atomic E-state index is -0.564. The minimum absolute atomic E-state index is 0.0146. The van der Waals surface area contributed by atoms with E-state index in [9.17, 15) is 14.9 Å². The van der Waals surface area contributed by atoms with Gasteiger partial charge in [-0.15, -0.1) is 11.3 Å². The summed E-state index contributed by atoms with van der Waals surface area (Å²) in [5.41, 5.74) is 2.85. The summed E-state index contributed by atoms with van der Waals surface area (Å²) >= 11 is 1.35. The maximum Gasteiger partial charge on any atom is 0.282 e. The average Bonchev–Trinajstić information content (AvgIpc) is 3.02. The Labute approximate surface area is 161 Å². The van der Waals surface area contributed by atoms with E-state index in [-0.39, 0.29) is 11.3 Å². The summed E-state index contributed by atoms with van der Waals surface area (Å²) < 4.78 is 0. The van der Waals surface area contributed by atoms with Crippen molar-refractivity contribution in [3.63, 3.8) is 0 Å². The monoisotopic (exact) mass is 381 g/mol. The zero-order valence-electron chi connectivity index (χ0n) is 15.1. The van der Waals surface area contributed by atoms with E-state index in [4.69, 9.17) is 0 Å². The van der Waals surface area contributed by atoms with Crippen molar-refractivity contribution in [3.8, 4) is 11.3 Å². The van der Waals surface area contributed by atoms with Crippen LogP contribution in [0.3, 0.4) is 0 Å². The molecule has 1 N–H and O–H groups in total. The third-order valence-electron chi connectivity index (χ3n) is 4.13. The van der Waals surface area contributed by atoms with E-state index < -0.39 is 10.8 Å². The molecule has 138 valence electrons. The molecule has 1 amide bonds. The molecule has 0 aliphatic rings. The van der Waals surface area contributed by atoms with Crippen LogP contribution in [0.2, 0.25) is 0 Å². The number of nitrogens with zero attached hydrogens (tertiary/aromatic N) is 2. The molecule has 0 bridgehead atoms. The molecular weight excluding hydrogens is 362 g/mol. The SMILES string of the molecule is CCCc1ccc(-c2nc(NC(=O)c3ccccc3[N+](=O)[O-])sc2C)cc1. The fraction of sp³-hybridized carbons (Fsp3) is 0.200. The molecule has 0 radical (unpaired) electrons. The van der Waals surface area contributed by atoms with Gasteiger partial charge in [0.05, 0.1) is 10.6 Å². The first-order valence-corrected chi connectivity index (χ1v) is 9.42. The second-order valence-electron chi connectivity index (χ2n) is 6.10. The molecule has 0 saturated carbocycles. The first kappa shape index (κ1) is 18.7. The number of thiazole rings is 1. The van der Waals surface area contributed by atoms with Gasteiger partial charge in [-0.3, -0.25) is 20.2 Å². The van der Waals surface area contributed by atoms with Crippen molar-refractivity contribution in [2.24, 2.45) is 0 Å². The summed E-state index contributed by atoms with van der Waals surface area (Å²) in [6, 6.07) is 14.1. The summed E-state index contributed by atoms with van der Waals surface area (Å²) in [7, 11) is 0. The van der Waals surface area contributed by atoms with Gasteiger partial charge in [-0.25, -0.2) is 4.98 Å². The lowest BCUT2D eigenvalue weighted by molar-refractivity contribution is -0.385. The Hall–Kier alpha value is -3.06. The second kappa shape index (κ2) is 8.09.